The molecule has 1 aromatic rings. The quantitative estimate of drug-likeness (QED) is 0.800. The second kappa shape index (κ2) is 3.43. The molecule has 0 amide bonds. The second-order valence-corrected chi connectivity index (χ2v) is 5.98. The van der Waals surface area contributed by atoms with Crippen molar-refractivity contribution in [3.63, 3.8) is 0 Å². The zero-order chi connectivity index (χ0) is 12.0. The lowest BCUT2D eigenvalue weighted by molar-refractivity contribution is 0.354. The molecule has 0 radical (unpaired) electrons. The number of benzene rings is 1. The number of rotatable bonds is 2. The van der Waals surface area contributed by atoms with Gasteiger partial charge in [-0.25, -0.2) is 13.1 Å². The van der Waals surface area contributed by atoms with Crippen molar-refractivity contribution in [3.05, 3.63) is 42.5 Å². The van der Waals surface area contributed by atoms with Crippen LogP contribution in [-0.4, -0.2) is 8.42 Å². The topological polar surface area (TPSA) is 46.2 Å². The lowest BCUT2D eigenvalue weighted by Gasteiger charge is -2.29. The van der Waals surface area contributed by atoms with Gasteiger partial charge >= 0.3 is 0 Å². The molecule has 1 aromatic carbocycles. The Bertz CT molecular complexity index is 536. The highest BCUT2D eigenvalue weighted by Gasteiger charge is 2.45. The fourth-order valence-corrected chi connectivity index (χ4v) is 3.88. The first kappa shape index (κ1) is 11.4. The summed E-state index contributed by atoms with van der Waals surface area (Å²) in [5, 5.41) is 0. The molecule has 1 aliphatic heterocycles. The normalized spacial score (nSPS) is 28.4. The summed E-state index contributed by atoms with van der Waals surface area (Å²) in [5.41, 5.74) is 0.236. The summed E-state index contributed by atoms with van der Waals surface area (Å²) in [7, 11) is -3.37. The Morgan fingerprint density at radius 1 is 1.44 bits per heavy atom. The summed E-state index contributed by atoms with van der Waals surface area (Å²) in [6, 6.07) is 7.09. The van der Waals surface area contributed by atoms with Gasteiger partial charge in [-0.3, -0.25) is 0 Å². The molecular weight excluding hydrogens is 222 g/mol. The third-order valence-electron chi connectivity index (χ3n) is 3.35. The highest BCUT2D eigenvalue weighted by molar-refractivity contribution is 7.89. The van der Waals surface area contributed by atoms with Crippen LogP contribution in [0.4, 0.5) is 0 Å². The van der Waals surface area contributed by atoms with Crippen LogP contribution in [0.5, 0.6) is 0 Å². The SMILES string of the molecule is C=C[C@@H](C)[C@]1(C)NS(=O)(=O)c2ccccc21. The van der Waals surface area contributed by atoms with Crippen LogP contribution in [-0.2, 0) is 15.6 Å². The molecule has 0 spiro atoms. The van der Waals surface area contributed by atoms with Gasteiger partial charge < -0.3 is 0 Å². The van der Waals surface area contributed by atoms with Gasteiger partial charge in [-0.05, 0) is 24.5 Å². The summed E-state index contributed by atoms with van der Waals surface area (Å²) in [6.45, 7) is 7.58. The van der Waals surface area contributed by atoms with Gasteiger partial charge in [0.2, 0.25) is 10.0 Å². The van der Waals surface area contributed by atoms with E-state index in [9.17, 15) is 8.42 Å². The van der Waals surface area contributed by atoms with Crippen LogP contribution < -0.4 is 4.72 Å². The molecule has 0 saturated heterocycles. The van der Waals surface area contributed by atoms with Gasteiger partial charge in [-0.15, -0.1) is 6.58 Å². The van der Waals surface area contributed by atoms with E-state index in [0.29, 0.717) is 4.90 Å². The molecule has 4 heteroatoms. The summed E-state index contributed by atoms with van der Waals surface area (Å²) in [6.07, 6.45) is 1.77. The molecule has 86 valence electrons. The van der Waals surface area contributed by atoms with Crippen molar-refractivity contribution in [2.75, 3.05) is 0 Å². The first-order valence-corrected chi connectivity index (χ1v) is 6.66. The van der Waals surface area contributed by atoms with Crippen molar-refractivity contribution in [2.45, 2.75) is 24.3 Å². The number of nitrogens with one attached hydrogen (secondary N) is 1. The lowest BCUT2D eigenvalue weighted by Crippen LogP contribution is -2.41. The van der Waals surface area contributed by atoms with Crippen LogP contribution in [0, 0.1) is 5.92 Å². The number of sulfonamides is 1. The molecule has 1 heterocycles. The van der Waals surface area contributed by atoms with Crippen LogP contribution >= 0.6 is 0 Å². The summed E-state index contributed by atoms with van der Waals surface area (Å²) < 4.78 is 26.6. The summed E-state index contributed by atoms with van der Waals surface area (Å²) >= 11 is 0. The number of hydrogen-bond donors (Lipinski definition) is 1. The van der Waals surface area contributed by atoms with E-state index in [1.165, 1.54) is 0 Å². The van der Waals surface area contributed by atoms with E-state index < -0.39 is 15.6 Å². The Morgan fingerprint density at radius 2 is 2.06 bits per heavy atom. The first-order valence-electron chi connectivity index (χ1n) is 5.18. The van der Waals surface area contributed by atoms with Crippen molar-refractivity contribution in [1.29, 1.82) is 0 Å². The van der Waals surface area contributed by atoms with E-state index in [1.807, 2.05) is 26.0 Å². The molecule has 0 unspecified atom stereocenters. The molecule has 1 aliphatic rings. The van der Waals surface area contributed by atoms with Gasteiger partial charge in [0.05, 0.1) is 10.4 Å². The first-order chi connectivity index (χ1) is 7.42. The lowest BCUT2D eigenvalue weighted by atomic mass is 9.82. The van der Waals surface area contributed by atoms with Gasteiger partial charge in [0.25, 0.3) is 0 Å². The largest absolute Gasteiger partial charge is 0.241 e. The Labute approximate surface area is 96.2 Å². The zero-order valence-corrected chi connectivity index (χ0v) is 10.2. The van der Waals surface area contributed by atoms with Gasteiger partial charge in [-0.2, -0.15) is 0 Å². The average molecular weight is 237 g/mol. The Balaban J connectivity index is 2.69. The highest BCUT2D eigenvalue weighted by atomic mass is 32.2. The van der Waals surface area contributed by atoms with Crippen molar-refractivity contribution in [1.82, 2.24) is 4.72 Å². The minimum absolute atomic E-state index is 0.0333. The van der Waals surface area contributed by atoms with E-state index in [0.717, 1.165) is 5.56 Å². The molecule has 0 saturated carbocycles. The van der Waals surface area contributed by atoms with E-state index in [-0.39, 0.29) is 5.92 Å². The second-order valence-electron chi connectivity index (χ2n) is 4.33. The number of hydrogen-bond acceptors (Lipinski definition) is 2. The minimum atomic E-state index is -3.37. The Kier molecular flexibility index (Phi) is 2.44. The standard InChI is InChI=1S/C12H15NO2S/c1-4-9(2)12(3)10-7-5-6-8-11(10)16(14,15)13-12/h4-9,13H,1H2,2-3H3/t9-,12+/m1/s1. The molecule has 1 N–H and O–H groups in total. The van der Waals surface area contributed by atoms with E-state index in [1.54, 1.807) is 18.2 Å². The fourth-order valence-electron chi connectivity index (χ4n) is 2.09. The van der Waals surface area contributed by atoms with Crippen LogP contribution in [0.1, 0.15) is 19.4 Å². The van der Waals surface area contributed by atoms with Crippen LogP contribution in [0.15, 0.2) is 41.8 Å². The Morgan fingerprint density at radius 3 is 2.69 bits per heavy atom. The predicted octanol–water partition coefficient (Wildman–Crippen LogP) is 2.02. The molecule has 16 heavy (non-hydrogen) atoms. The van der Waals surface area contributed by atoms with Gasteiger partial charge in [0, 0.05) is 0 Å². The van der Waals surface area contributed by atoms with E-state index in [4.69, 9.17) is 0 Å². The van der Waals surface area contributed by atoms with Crippen molar-refractivity contribution in [3.8, 4) is 0 Å². The van der Waals surface area contributed by atoms with Crippen molar-refractivity contribution < 1.29 is 8.42 Å². The molecule has 3 nitrogen and oxygen atoms in total. The third kappa shape index (κ3) is 1.41. The van der Waals surface area contributed by atoms with Gasteiger partial charge in [-0.1, -0.05) is 31.2 Å². The third-order valence-corrected chi connectivity index (χ3v) is 4.97. The Hall–Kier alpha value is -1.13. The maximum absolute atomic E-state index is 11.9. The molecule has 0 bridgehead atoms. The molecule has 2 rings (SSSR count). The van der Waals surface area contributed by atoms with Gasteiger partial charge in [0.15, 0.2) is 0 Å². The molecule has 0 aliphatic carbocycles. The predicted molar refractivity (Wildman–Crippen MR) is 63.5 cm³/mol. The monoisotopic (exact) mass is 237 g/mol. The summed E-state index contributed by atoms with van der Waals surface area (Å²) in [5.74, 6) is 0.0333. The maximum atomic E-state index is 11.9. The fraction of sp³-hybridized carbons (Fsp3) is 0.333. The van der Waals surface area contributed by atoms with Gasteiger partial charge in [0.1, 0.15) is 0 Å². The van der Waals surface area contributed by atoms with Crippen LogP contribution in [0.25, 0.3) is 0 Å². The highest BCUT2D eigenvalue weighted by Crippen LogP contribution is 2.40. The maximum Gasteiger partial charge on any atom is 0.241 e. The summed E-state index contributed by atoms with van der Waals surface area (Å²) in [4.78, 5) is 0.381. The molecule has 0 aromatic heterocycles. The minimum Gasteiger partial charge on any atom is -0.207 e. The van der Waals surface area contributed by atoms with E-state index >= 15 is 0 Å². The smallest absolute Gasteiger partial charge is 0.207 e. The van der Waals surface area contributed by atoms with Crippen LogP contribution in [0.2, 0.25) is 0 Å². The molecule has 2 atom stereocenters. The zero-order valence-electron chi connectivity index (χ0n) is 9.40. The van der Waals surface area contributed by atoms with Crippen LogP contribution in [0.3, 0.4) is 0 Å². The molecular formula is C12H15NO2S. The van der Waals surface area contributed by atoms with Crippen molar-refractivity contribution >= 4 is 10.0 Å². The van der Waals surface area contributed by atoms with Crippen molar-refractivity contribution in [2.24, 2.45) is 5.92 Å². The average Bonchev–Trinajstić information content (AvgIpc) is 2.47. The number of fused-ring (bicyclic) bond motifs is 1. The molecule has 0 fully saturated rings. The van der Waals surface area contributed by atoms with E-state index in [2.05, 4.69) is 11.3 Å².